The molecule has 2 aliphatic heterocycles. The van der Waals surface area contributed by atoms with Crippen molar-refractivity contribution in [1.29, 1.82) is 0 Å². The Kier molecular flexibility index (Phi) is 4.71. The number of carbonyl (C=O) groups is 3. The highest BCUT2D eigenvalue weighted by atomic mass is 32.1. The number of carboxylic acids is 1. The van der Waals surface area contributed by atoms with Crippen molar-refractivity contribution in [3.05, 3.63) is 16.0 Å². The number of fused-ring (bicyclic) bond motifs is 3. The molecule has 2 bridgehead atoms. The van der Waals surface area contributed by atoms with E-state index < -0.39 is 29.8 Å². The molecular formula is C19H24N2O5S. The van der Waals surface area contributed by atoms with Crippen LogP contribution in [0.3, 0.4) is 0 Å². The van der Waals surface area contributed by atoms with E-state index in [4.69, 9.17) is 10.5 Å². The highest BCUT2D eigenvalue weighted by Crippen LogP contribution is 2.45. The number of nitrogens with two attached hydrogens (primary N) is 1. The van der Waals surface area contributed by atoms with E-state index in [1.165, 1.54) is 11.3 Å². The topological polar surface area (TPSA) is 119 Å². The molecule has 7 nitrogen and oxygen atoms in total. The highest BCUT2D eigenvalue weighted by Gasteiger charge is 2.55. The minimum absolute atomic E-state index is 0.368. The third kappa shape index (κ3) is 3.04. The standard InChI is InChI=1S/C19H24N2O5S/c1-2-8-3-4-9-12(7-8)27-18(13(9)16(20)22)21-17(23)14-10-5-6-11(26-10)15(14)19(24)25/h8,10-11,14-15H,2-7H2,1H3,(H2,20,22)(H,21,23)(H,24,25)/t8-,10-,11+,14-,15-/m0/s1. The van der Waals surface area contributed by atoms with Gasteiger partial charge in [0, 0.05) is 4.88 Å². The third-order valence-corrected chi connectivity index (χ3v) is 7.46. The second-order valence-corrected chi connectivity index (χ2v) is 8.86. The Balaban J connectivity index is 1.61. The van der Waals surface area contributed by atoms with Gasteiger partial charge in [-0.2, -0.15) is 0 Å². The third-order valence-electron chi connectivity index (χ3n) is 6.29. The van der Waals surface area contributed by atoms with Crippen LogP contribution >= 0.6 is 11.3 Å². The summed E-state index contributed by atoms with van der Waals surface area (Å²) < 4.78 is 5.68. The lowest BCUT2D eigenvalue weighted by molar-refractivity contribution is -0.147. The van der Waals surface area contributed by atoms with Crippen molar-refractivity contribution in [3.8, 4) is 0 Å². The van der Waals surface area contributed by atoms with Crippen LogP contribution < -0.4 is 11.1 Å². The number of ether oxygens (including phenoxy) is 1. The van der Waals surface area contributed by atoms with Crippen molar-refractivity contribution in [3.63, 3.8) is 0 Å². The molecule has 2 amide bonds. The molecule has 0 unspecified atom stereocenters. The number of primary amides is 1. The average molecular weight is 392 g/mol. The van der Waals surface area contributed by atoms with Crippen molar-refractivity contribution in [2.75, 3.05) is 5.32 Å². The first-order valence-electron chi connectivity index (χ1n) is 9.54. The molecule has 5 atom stereocenters. The summed E-state index contributed by atoms with van der Waals surface area (Å²) in [6.45, 7) is 2.15. The fraction of sp³-hybridized carbons (Fsp3) is 0.632. The molecule has 146 valence electrons. The van der Waals surface area contributed by atoms with Gasteiger partial charge in [0.25, 0.3) is 5.91 Å². The maximum Gasteiger partial charge on any atom is 0.310 e. The van der Waals surface area contributed by atoms with Crippen LogP contribution in [0.5, 0.6) is 0 Å². The summed E-state index contributed by atoms with van der Waals surface area (Å²) in [7, 11) is 0. The van der Waals surface area contributed by atoms with Crippen molar-refractivity contribution >= 4 is 34.1 Å². The Bertz CT molecular complexity index is 804. The fourth-order valence-corrected chi connectivity index (χ4v) is 6.24. The van der Waals surface area contributed by atoms with E-state index in [0.29, 0.717) is 29.3 Å². The highest BCUT2D eigenvalue weighted by molar-refractivity contribution is 7.17. The van der Waals surface area contributed by atoms with Crippen molar-refractivity contribution in [2.45, 2.75) is 57.7 Å². The van der Waals surface area contributed by atoms with Gasteiger partial charge in [-0.15, -0.1) is 11.3 Å². The Morgan fingerprint density at radius 2 is 1.93 bits per heavy atom. The quantitative estimate of drug-likeness (QED) is 0.710. The number of carboxylic acid groups (broad SMARTS) is 1. The fourth-order valence-electron chi connectivity index (χ4n) is 4.87. The van der Waals surface area contributed by atoms with E-state index >= 15 is 0 Å². The maximum absolute atomic E-state index is 12.9. The second-order valence-electron chi connectivity index (χ2n) is 7.76. The van der Waals surface area contributed by atoms with E-state index in [9.17, 15) is 19.5 Å². The van der Waals surface area contributed by atoms with E-state index in [1.54, 1.807) is 0 Å². The zero-order valence-corrected chi connectivity index (χ0v) is 16.0. The van der Waals surface area contributed by atoms with Gasteiger partial charge in [-0.05, 0) is 43.6 Å². The van der Waals surface area contributed by atoms with Gasteiger partial charge in [-0.1, -0.05) is 13.3 Å². The number of thiophene rings is 1. The number of anilines is 1. The van der Waals surface area contributed by atoms with E-state index in [1.807, 2.05) is 0 Å². The minimum atomic E-state index is -1.01. The van der Waals surface area contributed by atoms with Gasteiger partial charge in [0.1, 0.15) is 5.00 Å². The van der Waals surface area contributed by atoms with E-state index in [0.717, 1.165) is 36.1 Å². The smallest absolute Gasteiger partial charge is 0.310 e. The van der Waals surface area contributed by atoms with Gasteiger partial charge in [0.2, 0.25) is 5.91 Å². The molecule has 2 fully saturated rings. The molecule has 4 N–H and O–H groups in total. The first-order chi connectivity index (χ1) is 12.9. The van der Waals surface area contributed by atoms with Crippen LogP contribution in [0.15, 0.2) is 0 Å². The molecule has 27 heavy (non-hydrogen) atoms. The predicted octanol–water partition coefficient (Wildman–Crippen LogP) is 2.18. The van der Waals surface area contributed by atoms with Gasteiger partial charge in [0.15, 0.2) is 0 Å². The zero-order chi connectivity index (χ0) is 19.3. The predicted molar refractivity (Wildman–Crippen MR) is 99.8 cm³/mol. The lowest BCUT2D eigenvalue weighted by Gasteiger charge is -2.23. The Labute approximate surface area is 161 Å². The number of hydrogen-bond acceptors (Lipinski definition) is 5. The Morgan fingerprint density at radius 3 is 2.56 bits per heavy atom. The van der Waals surface area contributed by atoms with Crippen molar-refractivity contribution < 1.29 is 24.2 Å². The number of amides is 2. The molecule has 1 aromatic heterocycles. The summed E-state index contributed by atoms with van der Waals surface area (Å²) in [5, 5.41) is 12.8. The SMILES string of the molecule is CC[C@H]1CCc2c(sc(NC(=O)[C@@H]3[C@@H](C(=O)O)[C@H]4CC[C@@H]3O4)c2C(N)=O)C1. The number of carbonyl (C=O) groups excluding carboxylic acids is 2. The van der Waals surface area contributed by atoms with Crippen LogP contribution in [0.2, 0.25) is 0 Å². The molecule has 3 heterocycles. The number of hydrogen-bond donors (Lipinski definition) is 3. The van der Waals surface area contributed by atoms with Crippen molar-refractivity contribution in [1.82, 2.24) is 0 Å². The summed E-state index contributed by atoms with van der Waals surface area (Å²) in [6.07, 6.45) is 4.35. The van der Waals surface area contributed by atoms with Crippen LogP contribution in [-0.2, 0) is 27.2 Å². The summed E-state index contributed by atoms with van der Waals surface area (Å²) in [5.74, 6) is -2.92. The molecule has 0 aromatic carbocycles. The molecule has 0 radical (unpaired) electrons. The molecule has 4 rings (SSSR count). The zero-order valence-electron chi connectivity index (χ0n) is 15.2. The summed E-state index contributed by atoms with van der Waals surface area (Å²) in [4.78, 5) is 37.7. The molecule has 1 aromatic rings. The van der Waals surface area contributed by atoms with E-state index in [-0.39, 0.29) is 12.0 Å². The van der Waals surface area contributed by atoms with Gasteiger partial charge in [0.05, 0.1) is 29.6 Å². The largest absolute Gasteiger partial charge is 0.481 e. The van der Waals surface area contributed by atoms with Gasteiger partial charge < -0.3 is 20.9 Å². The van der Waals surface area contributed by atoms with Gasteiger partial charge >= 0.3 is 5.97 Å². The monoisotopic (exact) mass is 392 g/mol. The van der Waals surface area contributed by atoms with Crippen molar-refractivity contribution in [2.24, 2.45) is 23.5 Å². The van der Waals surface area contributed by atoms with Crippen LogP contribution in [0.25, 0.3) is 0 Å². The number of aliphatic carboxylic acids is 1. The Morgan fingerprint density at radius 1 is 1.22 bits per heavy atom. The number of nitrogens with one attached hydrogen (secondary N) is 1. The van der Waals surface area contributed by atoms with Crippen LogP contribution in [0.4, 0.5) is 5.00 Å². The molecular weight excluding hydrogens is 368 g/mol. The number of rotatable bonds is 5. The first-order valence-corrected chi connectivity index (χ1v) is 10.4. The average Bonchev–Trinajstić information content (AvgIpc) is 3.32. The normalized spacial score (nSPS) is 31.5. The van der Waals surface area contributed by atoms with Gasteiger partial charge in [-0.25, -0.2) is 0 Å². The Hall–Kier alpha value is -1.93. The molecule has 0 spiro atoms. The summed E-state index contributed by atoms with van der Waals surface area (Å²) in [5.41, 5.74) is 6.96. The van der Waals surface area contributed by atoms with Crippen LogP contribution in [0.1, 0.15) is 53.4 Å². The first kappa shape index (κ1) is 18.4. The molecule has 0 saturated carbocycles. The minimum Gasteiger partial charge on any atom is -0.481 e. The summed E-state index contributed by atoms with van der Waals surface area (Å²) in [6, 6.07) is 0. The van der Waals surface area contributed by atoms with Crippen LogP contribution in [0, 0.1) is 17.8 Å². The lowest BCUT2D eigenvalue weighted by atomic mass is 9.78. The van der Waals surface area contributed by atoms with Gasteiger partial charge in [-0.3, -0.25) is 14.4 Å². The molecule has 1 aliphatic carbocycles. The maximum atomic E-state index is 12.9. The lowest BCUT2D eigenvalue weighted by Crippen LogP contribution is -2.41. The summed E-state index contributed by atoms with van der Waals surface area (Å²) >= 11 is 1.41. The van der Waals surface area contributed by atoms with Crippen LogP contribution in [-0.4, -0.2) is 35.1 Å². The molecule has 8 heteroatoms. The molecule has 2 saturated heterocycles. The second kappa shape index (κ2) is 6.91. The van der Waals surface area contributed by atoms with E-state index in [2.05, 4.69) is 12.2 Å². The molecule has 3 aliphatic rings.